The van der Waals surface area contributed by atoms with Crippen molar-refractivity contribution in [3.05, 3.63) is 62.9 Å². The zero-order valence-corrected chi connectivity index (χ0v) is 10.9. The predicted octanol–water partition coefficient (Wildman–Crippen LogP) is 1.21. The topological polar surface area (TPSA) is 85.8 Å². The van der Waals surface area contributed by atoms with Crippen LogP contribution in [-0.4, -0.2) is 14.2 Å². The number of aromatic nitrogens is 3. The molecule has 0 saturated heterocycles. The van der Waals surface area contributed by atoms with Crippen LogP contribution in [0.4, 0.5) is 13.2 Å². The number of alkyl halides is 3. The summed E-state index contributed by atoms with van der Waals surface area (Å²) in [6.45, 7) is 0. The molecule has 0 amide bonds. The monoisotopic (exact) mass is 310 g/mol. The smallest absolute Gasteiger partial charge is 0.336 e. The van der Waals surface area contributed by atoms with Gasteiger partial charge in [0, 0.05) is 12.4 Å². The number of hydrogen-bond donors (Lipinski definition) is 2. The van der Waals surface area contributed by atoms with Crippen molar-refractivity contribution in [2.75, 3.05) is 5.84 Å². The minimum Gasteiger partial charge on any atom is -0.336 e. The third-order valence-corrected chi connectivity index (χ3v) is 3.22. The maximum absolute atomic E-state index is 13.2. The van der Waals surface area contributed by atoms with Crippen LogP contribution in [0.3, 0.4) is 0 Å². The van der Waals surface area contributed by atoms with Crippen molar-refractivity contribution in [2.45, 2.75) is 6.18 Å². The number of H-pyrrole nitrogens is 1. The van der Waals surface area contributed by atoms with Gasteiger partial charge in [-0.3, -0.25) is 9.59 Å². The number of nitrogens with one attached hydrogen (secondary N) is 1. The second-order valence-electron chi connectivity index (χ2n) is 4.60. The van der Waals surface area contributed by atoms with E-state index < -0.39 is 22.9 Å². The summed E-state index contributed by atoms with van der Waals surface area (Å²) in [4.78, 5) is 25.0. The highest BCUT2D eigenvalue weighted by molar-refractivity contribution is 5.79. The molecule has 0 aliphatic carbocycles. The normalized spacial score (nSPS) is 12.0. The van der Waals surface area contributed by atoms with Gasteiger partial charge in [-0.2, -0.15) is 13.2 Å². The Morgan fingerprint density at radius 1 is 1.09 bits per heavy atom. The lowest BCUT2D eigenvalue weighted by Gasteiger charge is -2.15. The molecule has 0 radical (unpaired) electrons. The van der Waals surface area contributed by atoms with E-state index in [1.165, 1.54) is 17.0 Å². The molecule has 6 nitrogen and oxygen atoms in total. The first-order valence-electron chi connectivity index (χ1n) is 6.08. The van der Waals surface area contributed by atoms with Crippen molar-refractivity contribution in [3.8, 4) is 5.69 Å². The van der Waals surface area contributed by atoms with Crippen molar-refractivity contribution in [1.29, 1.82) is 0 Å². The minimum atomic E-state index is -4.64. The van der Waals surface area contributed by atoms with E-state index in [2.05, 4.69) is 4.98 Å². The Morgan fingerprint density at radius 3 is 2.32 bits per heavy atom. The van der Waals surface area contributed by atoms with Crippen LogP contribution in [0.1, 0.15) is 5.56 Å². The molecule has 0 aliphatic rings. The van der Waals surface area contributed by atoms with Gasteiger partial charge in [0.1, 0.15) is 0 Å². The molecular formula is C13H9F3N4O2. The summed E-state index contributed by atoms with van der Waals surface area (Å²) in [5, 5.41) is 0. The summed E-state index contributed by atoms with van der Waals surface area (Å²) in [5.41, 5.74) is -3.47. The lowest BCUT2D eigenvalue weighted by molar-refractivity contribution is -0.137. The fourth-order valence-corrected chi connectivity index (χ4v) is 2.21. The molecule has 3 N–H and O–H groups in total. The number of nitrogens with zero attached hydrogens (tertiary/aromatic N) is 2. The average molecular weight is 310 g/mol. The van der Waals surface area contributed by atoms with Crippen molar-refractivity contribution in [1.82, 2.24) is 14.2 Å². The number of hydrogen-bond acceptors (Lipinski definition) is 3. The zero-order chi connectivity index (χ0) is 16.1. The molecule has 0 atom stereocenters. The highest BCUT2D eigenvalue weighted by atomic mass is 19.4. The molecule has 2 heterocycles. The highest BCUT2D eigenvalue weighted by Gasteiger charge is 2.34. The van der Waals surface area contributed by atoms with Crippen LogP contribution in [0, 0.1) is 0 Å². The molecule has 114 valence electrons. The Kier molecular flexibility index (Phi) is 2.87. The first kappa shape index (κ1) is 14.0. The molecule has 3 aromatic rings. The molecule has 0 bridgehead atoms. The molecule has 0 fully saturated rings. The van der Waals surface area contributed by atoms with Gasteiger partial charge in [-0.25, -0.2) is 4.68 Å². The molecule has 2 aromatic heterocycles. The average Bonchev–Trinajstić information content (AvgIpc) is 2.97. The molecule has 22 heavy (non-hydrogen) atoms. The molecule has 3 rings (SSSR count). The maximum Gasteiger partial charge on any atom is 0.418 e. The van der Waals surface area contributed by atoms with Gasteiger partial charge in [0.15, 0.2) is 0 Å². The second kappa shape index (κ2) is 4.52. The van der Waals surface area contributed by atoms with Gasteiger partial charge in [0.05, 0.1) is 22.3 Å². The molecule has 9 heteroatoms. The summed E-state index contributed by atoms with van der Waals surface area (Å²) in [5.74, 6) is 5.49. The number of aromatic amines is 1. The lowest BCUT2D eigenvalue weighted by atomic mass is 10.1. The third-order valence-electron chi connectivity index (χ3n) is 3.22. The molecule has 0 spiro atoms. The molecule has 0 saturated carbocycles. The molecule has 0 aliphatic heterocycles. The van der Waals surface area contributed by atoms with Gasteiger partial charge in [-0.15, -0.1) is 0 Å². The van der Waals surface area contributed by atoms with Crippen molar-refractivity contribution in [2.24, 2.45) is 0 Å². The SMILES string of the molecule is Nn1c(=O)c(=O)[nH]c2cc(C(F)(F)F)c(-n3cccc3)cc21. The van der Waals surface area contributed by atoms with E-state index in [1.807, 2.05) is 0 Å². The van der Waals surface area contributed by atoms with Crippen molar-refractivity contribution in [3.63, 3.8) is 0 Å². The summed E-state index contributed by atoms with van der Waals surface area (Å²) in [7, 11) is 0. The summed E-state index contributed by atoms with van der Waals surface area (Å²) in [6.07, 6.45) is -1.78. The van der Waals surface area contributed by atoms with Crippen LogP contribution < -0.4 is 17.0 Å². The quantitative estimate of drug-likeness (QED) is 0.523. The summed E-state index contributed by atoms with van der Waals surface area (Å²) >= 11 is 0. The lowest BCUT2D eigenvalue weighted by Crippen LogP contribution is -2.40. The second-order valence-corrected chi connectivity index (χ2v) is 4.60. The van der Waals surface area contributed by atoms with E-state index in [0.717, 1.165) is 12.1 Å². The Labute approximate surface area is 120 Å². The van der Waals surface area contributed by atoms with Crippen LogP contribution in [0.5, 0.6) is 0 Å². The van der Waals surface area contributed by atoms with E-state index in [4.69, 9.17) is 5.84 Å². The van der Waals surface area contributed by atoms with Crippen molar-refractivity contribution >= 4 is 11.0 Å². The third kappa shape index (κ3) is 2.07. The fraction of sp³-hybridized carbons (Fsp3) is 0.0769. The number of benzene rings is 1. The Hall–Kier alpha value is -2.97. The van der Waals surface area contributed by atoms with E-state index in [-0.39, 0.29) is 16.7 Å². The van der Waals surface area contributed by atoms with Gasteiger partial charge in [0.2, 0.25) is 0 Å². The van der Waals surface area contributed by atoms with Crippen LogP contribution in [0.25, 0.3) is 16.7 Å². The number of halogens is 3. The van der Waals surface area contributed by atoms with Crippen LogP contribution in [-0.2, 0) is 6.18 Å². The maximum atomic E-state index is 13.2. The summed E-state index contributed by atoms with van der Waals surface area (Å²) < 4.78 is 41.5. The Morgan fingerprint density at radius 2 is 1.73 bits per heavy atom. The van der Waals surface area contributed by atoms with Gasteiger partial charge in [0.25, 0.3) is 0 Å². The minimum absolute atomic E-state index is 0.0127. The van der Waals surface area contributed by atoms with Gasteiger partial charge < -0.3 is 15.4 Å². The standard InChI is InChI=1S/C13H9F3N4O2/c14-13(15,16)7-5-8-10(20(17)12(22)11(21)18-8)6-9(7)19-3-1-2-4-19/h1-6H,17H2,(H,18,21). The van der Waals surface area contributed by atoms with Gasteiger partial charge >= 0.3 is 17.3 Å². The number of nitrogens with two attached hydrogens (primary N) is 1. The summed E-state index contributed by atoms with van der Waals surface area (Å²) in [6, 6.07) is 4.99. The van der Waals surface area contributed by atoms with E-state index in [1.54, 1.807) is 12.1 Å². The zero-order valence-electron chi connectivity index (χ0n) is 10.9. The first-order valence-corrected chi connectivity index (χ1v) is 6.08. The molecular weight excluding hydrogens is 301 g/mol. The predicted molar refractivity (Wildman–Crippen MR) is 73.3 cm³/mol. The number of fused-ring (bicyclic) bond motifs is 1. The molecule has 1 aromatic carbocycles. The Bertz CT molecular complexity index is 968. The van der Waals surface area contributed by atoms with Crippen LogP contribution >= 0.6 is 0 Å². The van der Waals surface area contributed by atoms with Crippen LogP contribution in [0.2, 0.25) is 0 Å². The Balaban J connectivity index is 2.47. The molecule has 0 unspecified atom stereocenters. The first-order chi connectivity index (χ1) is 10.3. The number of nitrogen functional groups attached to an aromatic ring is 1. The van der Waals surface area contributed by atoms with E-state index in [0.29, 0.717) is 4.68 Å². The largest absolute Gasteiger partial charge is 0.418 e. The van der Waals surface area contributed by atoms with Crippen molar-refractivity contribution < 1.29 is 13.2 Å². The fourth-order valence-electron chi connectivity index (χ4n) is 2.21. The van der Waals surface area contributed by atoms with Gasteiger partial charge in [-0.05, 0) is 24.3 Å². The van der Waals surface area contributed by atoms with E-state index >= 15 is 0 Å². The van der Waals surface area contributed by atoms with Crippen LogP contribution in [0.15, 0.2) is 46.2 Å². The van der Waals surface area contributed by atoms with E-state index in [9.17, 15) is 22.8 Å². The highest BCUT2D eigenvalue weighted by Crippen LogP contribution is 2.35. The van der Waals surface area contributed by atoms with Gasteiger partial charge in [-0.1, -0.05) is 0 Å². The number of rotatable bonds is 1.